The molecule has 1 atom stereocenters. The summed E-state index contributed by atoms with van der Waals surface area (Å²) in [6.07, 6.45) is 0. The summed E-state index contributed by atoms with van der Waals surface area (Å²) in [5, 5.41) is 11.5. The number of aliphatic imine (C=N–C) groups is 1. The first kappa shape index (κ1) is 32.1. The Morgan fingerprint density at radius 3 is 1.95 bits per heavy atom. The van der Waals surface area contributed by atoms with Crippen molar-refractivity contribution in [3.63, 3.8) is 0 Å². The van der Waals surface area contributed by atoms with Crippen LogP contribution >= 0.6 is 0 Å². The molecule has 270 valence electrons. The number of benzene rings is 8. The molecule has 1 unspecified atom stereocenters. The van der Waals surface area contributed by atoms with E-state index in [1.807, 2.05) is 0 Å². The van der Waals surface area contributed by atoms with Crippen molar-refractivity contribution in [1.82, 2.24) is 14.5 Å². The van der Waals surface area contributed by atoms with Crippen molar-refractivity contribution in [2.45, 2.75) is 25.3 Å². The number of fused-ring (bicyclic) bond motifs is 9. The zero-order chi connectivity index (χ0) is 37.8. The maximum absolute atomic E-state index is 5.75. The van der Waals surface area contributed by atoms with Crippen molar-refractivity contribution in [2.24, 2.45) is 4.99 Å². The van der Waals surface area contributed by atoms with Crippen molar-refractivity contribution >= 4 is 65.9 Å². The summed E-state index contributed by atoms with van der Waals surface area (Å²) >= 11 is 0. The third-order valence-electron chi connectivity index (χ3n) is 12.5. The van der Waals surface area contributed by atoms with E-state index in [1.54, 1.807) is 0 Å². The van der Waals surface area contributed by atoms with Gasteiger partial charge >= 0.3 is 0 Å². The first-order valence-electron chi connectivity index (χ1n) is 19.8. The second kappa shape index (κ2) is 11.9. The molecule has 0 bridgehead atoms. The van der Waals surface area contributed by atoms with Gasteiger partial charge in [0.05, 0.1) is 33.8 Å². The summed E-state index contributed by atoms with van der Waals surface area (Å²) in [7, 11) is 0. The highest BCUT2D eigenvalue weighted by molar-refractivity contribution is 6.18. The van der Waals surface area contributed by atoms with Gasteiger partial charge < -0.3 is 9.88 Å². The standard InChI is InChI=1S/C53H38N4/c1-53(2)43-29-28-36(33-16-5-3-6-17-33)31-42(43)49-50(40-24-15-27-46-48(40)39-23-12-14-26-45(39)56(46)37-20-7-4-8-21-37)54-52(55-51(49)53)57-44-25-13-11-22-38(44)41-30-34-18-9-10-19-35(34)32-47(41)57/h3-32,50H,1-2H3,(H,54,55). The molecule has 4 nitrogen and oxygen atoms in total. The molecular formula is C53H38N4. The van der Waals surface area contributed by atoms with Crippen LogP contribution in [-0.4, -0.2) is 15.1 Å². The number of rotatable bonds is 3. The Balaban J connectivity index is 1.17. The lowest BCUT2D eigenvalue weighted by Crippen LogP contribution is -2.38. The van der Waals surface area contributed by atoms with Crippen LogP contribution in [0.5, 0.6) is 0 Å². The molecule has 1 aliphatic heterocycles. The maximum atomic E-state index is 5.75. The molecule has 0 radical (unpaired) electrons. The third kappa shape index (κ3) is 4.58. The molecule has 0 spiro atoms. The van der Waals surface area contributed by atoms with Gasteiger partial charge in [0.25, 0.3) is 0 Å². The van der Waals surface area contributed by atoms with Crippen molar-refractivity contribution in [3.8, 4) is 16.8 Å². The molecule has 0 amide bonds. The van der Waals surface area contributed by atoms with Gasteiger partial charge in [-0.2, -0.15) is 0 Å². The number of hydrogen-bond acceptors (Lipinski definition) is 2. The minimum atomic E-state index is -0.344. The van der Waals surface area contributed by atoms with E-state index < -0.39 is 0 Å². The fourth-order valence-corrected chi connectivity index (χ4v) is 9.92. The predicted molar refractivity (Wildman–Crippen MR) is 238 cm³/mol. The van der Waals surface area contributed by atoms with Gasteiger partial charge in [0, 0.05) is 38.2 Å². The zero-order valence-electron chi connectivity index (χ0n) is 31.7. The van der Waals surface area contributed by atoms with Crippen LogP contribution in [0.25, 0.3) is 76.8 Å². The summed E-state index contributed by atoms with van der Waals surface area (Å²) in [4.78, 5) is 5.75. The van der Waals surface area contributed by atoms with Crippen molar-refractivity contribution in [2.75, 3.05) is 0 Å². The molecule has 1 N–H and O–H groups in total. The van der Waals surface area contributed by atoms with Crippen LogP contribution in [-0.2, 0) is 5.41 Å². The number of aromatic nitrogens is 2. The fourth-order valence-electron chi connectivity index (χ4n) is 9.92. The highest BCUT2D eigenvalue weighted by atomic mass is 15.3. The smallest absolute Gasteiger partial charge is 0.208 e. The van der Waals surface area contributed by atoms with Crippen molar-refractivity contribution in [1.29, 1.82) is 0 Å². The predicted octanol–water partition coefficient (Wildman–Crippen LogP) is 13.0. The normalized spacial score (nSPS) is 16.0. The van der Waals surface area contributed by atoms with Gasteiger partial charge in [-0.15, -0.1) is 0 Å². The maximum Gasteiger partial charge on any atom is 0.208 e. The van der Waals surface area contributed by atoms with E-state index >= 15 is 0 Å². The molecule has 0 saturated heterocycles. The second-order valence-corrected chi connectivity index (χ2v) is 16.0. The zero-order valence-corrected chi connectivity index (χ0v) is 31.7. The van der Waals surface area contributed by atoms with Crippen LogP contribution in [0.2, 0.25) is 0 Å². The molecule has 0 saturated carbocycles. The Morgan fingerprint density at radius 2 is 1.16 bits per heavy atom. The number of hydrogen-bond donors (Lipinski definition) is 1. The topological polar surface area (TPSA) is 34.2 Å². The second-order valence-electron chi connectivity index (χ2n) is 16.0. The van der Waals surface area contributed by atoms with Gasteiger partial charge in [-0.1, -0.05) is 147 Å². The van der Waals surface area contributed by atoms with E-state index in [-0.39, 0.29) is 11.5 Å². The van der Waals surface area contributed by atoms with Crippen LogP contribution in [0, 0.1) is 0 Å². The lowest BCUT2D eigenvalue weighted by atomic mass is 9.84. The summed E-state index contributed by atoms with van der Waals surface area (Å²) in [5.41, 5.74) is 14.0. The molecule has 8 aromatic carbocycles. The SMILES string of the molecule is CC1(C)C2=C(c3cc(-c4ccccc4)ccc31)C(c1cccc3c1c1ccccc1n3-c1ccccc1)NC(n1c3ccccc3c3cc4ccccc4cc31)=N2. The average molecular weight is 731 g/mol. The highest BCUT2D eigenvalue weighted by Gasteiger charge is 2.44. The monoisotopic (exact) mass is 730 g/mol. The van der Waals surface area contributed by atoms with Gasteiger partial charge in [0.2, 0.25) is 5.96 Å². The summed E-state index contributed by atoms with van der Waals surface area (Å²) < 4.78 is 4.79. The first-order chi connectivity index (χ1) is 28.0. The van der Waals surface area contributed by atoms with Gasteiger partial charge in [0.15, 0.2) is 0 Å². The van der Waals surface area contributed by atoms with Crippen LogP contribution in [0.3, 0.4) is 0 Å². The van der Waals surface area contributed by atoms with Crippen LogP contribution in [0.4, 0.5) is 0 Å². The number of para-hydroxylation sites is 3. The van der Waals surface area contributed by atoms with E-state index in [1.165, 1.54) is 76.7 Å². The van der Waals surface area contributed by atoms with Crippen LogP contribution < -0.4 is 5.32 Å². The van der Waals surface area contributed by atoms with Crippen LogP contribution in [0.15, 0.2) is 193 Å². The molecule has 1 aliphatic carbocycles. The van der Waals surface area contributed by atoms with E-state index in [9.17, 15) is 0 Å². The van der Waals surface area contributed by atoms with Crippen molar-refractivity contribution < 1.29 is 0 Å². The Morgan fingerprint density at radius 1 is 0.509 bits per heavy atom. The molecule has 0 fully saturated rings. The Kier molecular flexibility index (Phi) is 6.71. The Bertz CT molecular complexity index is 3340. The van der Waals surface area contributed by atoms with Gasteiger partial charge in [-0.05, 0) is 87.1 Å². The summed E-state index contributed by atoms with van der Waals surface area (Å²) in [6.45, 7) is 4.70. The molecule has 12 rings (SSSR count). The third-order valence-corrected chi connectivity index (χ3v) is 12.5. The van der Waals surface area contributed by atoms with Gasteiger partial charge in [-0.25, -0.2) is 4.99 Å². The molecular weight excluding hydrogens is 693 g/mol. The average Bonchev–Trinajstić information content (AvgIpc) is 3.85. The van der Waals surface area contributed by atoms with E-state index in [4.69, 9.17) is 4.99 Å². The molecule has 10 aromatic rings. The van der Waals surface area contributed by atoms with E-state index in [2.05, 4.69) is 210 Å². The molecule has 4 heteroatoms. The fraction of sp³-hybridized carbons (Fsp3) is 0.0755. The minimum absolute atomic E-state index is 0.200. The number of nitrogens with zero attached hydrogens (tertiary/aromatic N) is 3. The molecule has 57 heavy (non-hydrogen) atoms. The van der Waals surface area contributed by atoms with Gasteiger partial charge in [0.1, 0.15) is 0 Å². The quantitative estimate of drug-likeness (QED) is 0.193. The van der Waals surface area contributed by atoms with Crippen molar-refractivity contribution in [3.05, 3.63) is 204 Å². The highest BCUT2D eigenvalue weighted by Crippen LogP contribution is 2.54. The minimum Gasteiger partial charge on any atom is -0.344 e. The Hall–Kier alpha value is -7.17. The Labute approximate surface area is 330 Å². The summed E-state index contributed by atoms with van der Waals surface area (Å²) in [6, 6.07) is 66.1. The summed E-state index contributed by atoms with van der Waals surface area (Å²) in [5.74, 6) is 0.841. The lowest BCUT2D eigenvalue weighted by molar-refractivity contribution is 0.619. The van der Waals surface area contributed by atoms with Gasteiger partial charge in [-0.3, -0.25) is 4.57 Å². The molecule has 2 aliphatic rings. The largest absolute Gasteiger partial charge is 0.344 e. The first-order valence-corrected chi connectivity index (χ1v) is 19.8. The lowest BCUT2D eigenvalue weighted by Gasteiger charge is -2.31. The van der Waals surface area contributed by atoms with E-state index in [0.717, 1.165) is 28.4 Å². The molecule has 2 aromatic heterocycles. The number of allylic oxidation sites excluding steroid dienone is 1. The number of nitrogens with one attached hydrogen (secondary N) is 1. The van der Waals surface area contributed by atoms with E-state index in [0.29, 0.717) is 0 Å². The van der Waals surface area contributed by atoms with Crippen LogP contribution in [0.1, 0.15) is 36.6 Å². The molecule has 3 heterocycles.